The molecule has 2 atom stereocenters. The average molecular weight is 314 g/mol. The maximum atomic E-state index is 11.9. The molecule has 130 valence electrons. The molecule has 0 saturated heterocycles. The summed E-state index contributed by atoms with van der Waals surface area (Å²) < 4.78 is 10.4. The van der Waals surface area contributed by atoms with E-state index in [9.17, 15) is 4.79 Å². The predicted molar refractivity (Wildman–Crippen MR) is 89.1 cm³/mol. The molecule has 0 aliphatic heterocycles. The van der Waals surface area contributed by atoms with E-state index in [1.54, 1.807) is 7.11 Å². The second-order valence-electron chi connectivity index (χ2n) is 7.48. The molecule has 1 aliphatic rings. The zero-order valence-corrected chi connectivity index (χ0v) is 15.0. The molecule has 1 amide bonds. The van der Waals surface area contributed by atoms with Gasteiger partial charge in [0.2, 0.25) is 0 Å². The first kappa shape index (κ1) is 19.2. The molecule has 1 saturated carbocycles. The summed E-state index contributed by atoms with van der Waals surface area (Å²) in [6.07, 6.45) is 5.32. The van der Waals surface area contributed by atoms with Crippen molar-refractivity contribution in [3.63, 3.8) is 0 Å². The highest BCUT2D eigenvalue weighted by Gasteiger charge is 2.26. The van der Waals surface area contributed by atoms with Crippen molar-refractivity contribution < 1.29 is 14.3 Å². The Balaban J connectivity index is 2.30. The van der Waals surface area contributed by atoms with Crippen LogP contribution in [0, 0.1) is 5.92 Å². The summed E-state index contributed by atoms with van der Waals surface area (Å²) >= 11 is 0. The Labute approximate surface area is 135 Å². The zero-order chi connectivity index (χ0) is 16.6. The summed E-state index contributed by atoms with van der Waals surface area (Å²) in [6, 6.07) is 0.251. The number of amides is 1. The monoisotopic (exact) mass is 314 g/mol. The molecule has 0 heterocycles. The van der Waals surface area contributed by atoms with Crippen LogP contribution in [-0.4, -0.2) is 56.5 Å². The first-order chi connectivity index (χ1) is 10.3. The lowest BCUT2D eigenvalue weighted by atomic mass is 9.85. The van der Waals surface area contributed by atoms with Crippen LogP contribution >= 0.6 is 0 Å². The van der Waals surface area contributed by atoms with Gasteiger partial charge in [-0.15, -0.1) is 0 Å². The number of methoxy groups -OCH3 is 1. The minimum atomic E-state index is -0.431. The molecular weight excluding hydrogens is 280 g/mol. The van der Waals surface area contributed by atoms with Crippen molar-refractivity contribution in [2.24, 2.45) is 5.92 Å². The van der Waals surface area contributed by atoms with Crippen molar-refractivity contribution in [3.8, 4) is 0 Å². The van der Waals surface area contributed by atoms with E-state index in [2.05, 4.69) is 17.3 Å². The first-order valence-corrected chi connectivity index (χ1v) is 8.47. The molecule has 0 aromatic heterocycles. The fourth-order valence-electron chi connectivity index (χ4n) is 3.07. The normalized spacial score (nSPS) is 22.6. The van der Waals surface area contributed by atoms with E-state index in [1.165, 1.54) is 12.8 Å². The first-order valence-electron chi connectivity index (χ1n) is 8.47. The zero-order valence-electron chi connectivity index (χ0n) is 15.0. The fraction of sp³-hybridized carbons (Fsp3) is 0.941. The molecule has 0 spiro atoms. The number of hydrogen-bond donors (Lipinski definition) is 1. The SMILES string of the molecule is COCCCN(C)CC1CCCC(NC(=O)OC(C)(C)C)C1. The van der Waals surface area contributed by atoms with Gasteiger partial charge in [0.25, 0.3) is 0 Å². The van der Waals surface area contributed by atoms with Gasteiger partial charge in [0.15, 0.2) is 0 Å². The van der Waals surface area contributed by atoms with Crippen molar-refractivity contribution in [1.82, 2.24) is 10.2 Å². The number of rotatable bonds is 7. The van der Waals surface area contributed by atoms with Crippen LogP contribution in [0.4, 0.5) is 4.79 Å². The maximum absolute atomic E-state index is 11.9. The molecule has 0 aromatic rings. The molecule has 2 unspecified atom stereocenters. The largest absolute Gasteiger partial charge is 0.444 e. The Hall–Kier alpha value is -0.810. The van der Waals surface area contributed by atoms with E-state index in [1.807, 2.05) is 20.8 Å². The van der Waals surface area contributed by atoms with Crippen LogP contribution in [0.3, 0.4) is 0 Å². The maximum Gasteiger partial charge on any atom is 0.407 e. The fourth-order valence-corrected chi connectivity index (χ4v) is 3.07. The number of nitrogens with zero attached hydrogens (tertiary/aromatic N) is 1. The summed E-state index contributed by atoms with van der Waals surface area (Å²) in [5.74, 6) is 0.654. The van der Waals surface area contributed by atoms with Crippen molar-refractivity contribution in [2.75, 3.05) is 33.9 Å². The molecule has 1 aliphatic carbocycles. The Bertz CT molecular complexity index is 328. The minimum absolute atomic E-state index is 0.251. The lowest BCUT2D eigenvalue weighted by Gasteiger charge is -2.32. The van der Waals surface area contributed by atoms with Crippen LogP contribution < -0.4 is 5.32 Å². The van der Waals surface area contributed by atoms with Crippen LogP contribution in [-0.2, 0) is 9.47 Å². The summed E-state index contributed by atoms with van der Waals surface area (Å²) in [5.41, 5.74) is -0.431. The lowest BCUT2D eigenvalue weighted by molar-refractivity contribution is 0.0480. The molecular formula is C17H34N2O3. The van der Waals surface area contributed by atoms with E-state index < -0.39 is 5.60 Å². The number of ether oxygens (including phenoxy) is 2. The Morgan fingerprint density at radius 3 is 2.68 bits per heavy atom. The summed E-state index contributed by atoms with van der Waals surface area (Å²) in [7, 11) is 3.91. The second-order valence-corrected chi connectivity index (χ2v) is 7.48. The molecule has 1 rings (SSSR count). The van der Waals surface area contributed by atoms with Crippen LogP contribution in [0.5, 0.6) is 0 Å². The third-order valence-corrected chi connectivity index (χ3v) is 3.96. The van der Waals surface area contributed by atoms with Crippen molar-refractivity contribution in [3.05, 3.63) is 0 Å². The van der Waals surface area contributed by atoms with Gasteiger partial charge in [-0.1, -0.05) is 6.42 Å². The number of hydrogen-bond acceptors (Lipinski definition) is 4. The molecule has 0 radical (unpaired) electrons. The second kappa shape index (κ2) is 9.36. The van der Waals surface area contributed by atoms with Gasteiger partial charge in [-0.25, -0.2) is 4.79 Å². The topological polar surface area (TPSA) is 50.8 Å². The van der Waals surface area contributed by atoms with Gasteiger partial charge in [-0.05, 0) is 59.4 Å². The van der Waals surface area contributed by atoms with E-state index in [0.29, 0.717) is 5.92 Å². The van der Waals surface area contributed by atoms with Gasteiger partial charge in [0, 0.05) is 32.8 Å². The Kier molecular flexibility index (Phi) is 8.18. The van der Waals surface area contributed by atoms with Gasteiger partial charge >= 0.3 is 6.09 Å². The third kappa shape index (κ3) is 8.59. The highest BCUT2D eigenvalue weighted by Crippen LogP contribution is 2.25. The number of carbonyl (C=O) groups is 1. The van der Waals surface area contributed by atoms with E-state index >= 15 is 0 Å². The standard InChI is InChI=1S/C17H34N2O3/c1-17(2,3)22-16(20)18-15-9-6-8-14(12-15)13-19(4)10-7-11-21-5/h14-15H,6-13H2,1-5H3,(H,18,20). The van der Waals surface area contributed by atoms with Crippen LogP contribution in [0.1, 0.15) is 52.9 Å². The third-order valence-electron chi connectivity index (χ3n) is 3.96. The molecule has 1 N–H and O–H groups in total. The Morgan fingerprint density at radius 2 is 2.05 bits per heavy atom. The number of nitrogens with one attached hydrogen (secondary N) is 1. The molecule has 5 heteroatoms. The number of alkyl carbamates (subject to hydrolysis) is 1. The Morgan fingerprint density at radius 1 is 1.32 bits per heavy atom. The van der Waals surface area contributed by atoms with Crippen molar-refractivity contribution in [2.45, 2.75) is 64.5 Å². The quantitative estimate of drug-likeness (QED) is 0.734. The van der Waals surface area contributed by atoms with Gasteiger partial charge < -0.3 is 19.7 Å². The predicted octanol–water partition coefficient (Wildman–Crippen LogP) is 3.04. The highest BCUT2D eigenvalue weighted by molar-refractivity contribution is 5.68. The van der Waals surface area contributed by atoms with E-state index in [-0.39, 0.29) is 12.1 Å². The van der Waals surface area contributed by atoms with Gasteiger partial charge in [-0.2, -0.15) is 0 Å². The van der Waals surface area contributed by atoms with Gasteiger partial charge in [0.1, 0.15) is 5.60 Å². The number of carbonyl (C=O) groups excluding carboxylic acids is 1. The molecule has 5 nitrogen and oxygen atoms in total. The van der Waals surface area contributed by atoms with Crippen LogP contribution in [0.2, 0.25) is 0 Å². The van der Waals surface area contributed by atoms with E-state index in [0.717, 1.165) is 39.0 Å². The van der Waals surface area contributed by atoms with Gasteiger partial charge in [0.05, 0.1) is 0 Å². The smallest absolute Gasteiger partial charge is 0.407 e. The summed E-state index contributed by atoms with van der Waals surface area (Å²) in [4.78, 5) is 14.2. The molecule has 22 heavy (non-hydrogen) atoms. The van der Waals surface area contributed by atoms with Crippen LogP contribution in [0.15, 0.2) is 0 Å². The highest BCUT2D eigenvalue weighted by atomic mass is 16.6. The summed E-state index contributed by atoms with van der Waals surface area (Å²) in [6.45, 7) is 8.66. The minimum Gasteiger partial charge on any atom is -0.444 e. The van der Waals surface area contributed by atoms with Crippen molar-refractivity contribution >= 4 is 6.09 Å². The summed E-state index contributed by atoms with van der Waals surface area (Å²) in [5, 5.41) is 3.03. The molecule has 1 fully saturated rings. The van der Waals surface area contributed by atoms with Crippen molar-refractivity contribution in [1.29, 1.82) is 0 Å². The average Bonchev–Trinajstić information content (AvgIpc) is 2.36. The molecule has 0 aromatic carbocycles. The van der Waals surface area contributed by atoms with E-state index in [4.69, 9.17) is 9.47 Å². The lowest BCUT2D eigenvalue weighted by Crippen LogP contribution is -2.43. The van der Waals surface area contributed by atoms with Crippen LogP contribution in [0.25, 0.3) is 0 Å². The molecule has 0 bridgehead atoms. The van der Waals surface area contributed by atoms with Gasteiger partial charge in [-0.3, -0.25) is 0 Å².